The van der Waals surface area contributed by atoms with Crippen molar-refractivity contribution in [3.63, 3.8) is 0 Å². The smallest absolute Gasteiger partial charge is 0.119 e. The normalized spacial score (nSPS) is 17.2. The molecule has 158 valence electrons. The molecule has 7 nitrogen and oxygen atoms in total. The van der Waals surface area contributed by atoms with Crippen molar-refractivity contribution in [2.24, 2.45) is 11.6 Å². The predicted octanol–water partition coefficient (Wildman–Crippen LogP) is 2.40. The molecule has 3 aromatic rings. The van der Waals surface area contributed by atoms with Gasteiger partial charge >= 0.3 is 0 Å². The number of hydrogen-bond donors (Lipinski definition) is 5. The van der Waals surface area contributed by atoms with E-state index in [4.69, 9.17) is 27.9 Å². The number of nitrogens with zero attached hydrogens (tertiary/aromatic N) is 1. The number of rotatable bonds is 7. The van der Waals surface area contributed by atoms with Gasteiger partial charge in [0.1, 0.15) is 18.5 Å². The Labute approximate surface area is 180 Å². The second-order valence-electron chi connectivity index (χ2n) is 7.42. The predicted molar refractivity (Wildman–Crippen MR) is 119 cm³/mol. The van der Waals surface area contributed by atoms with Gasteiger partial charge in [-0.15, -0.1) is 0 Å². The van der Waals surface area contributed by atoms with E-state index in [1.165, 1.54) is 34.1 Å². The highest BCUT2D eigenvalue weighted by Gasteiger charge is 2.25. The van der Waals surface area contributed by atoms with E-state index in [9.17, 15) is 5.11 Å². The molecule has 0 radical (unpaired) electrons. The molecule has 1 aromatic heterocycles. The zero-order valence-electron chi connectivity index (χ0n) is 16.5. The summed E-state index contributed by atoms with van der Waals surface area (Å²) in [5.41, 5.74) is 10.0. The summed E-state index contributed by atoms with van der Waals surface area (Å²) in [7, 11) is 0. The highest BCUT2D eigenvalue weighted by atomic mass is 35.5. The number of nitrogens with two attached hydrogens (primary N) is 2. The van der Waals surface area contributed by atoms with Crippen molar-refractivity contribution in [3.05, 3.63) is 76.7 Å². The average Bonchev–Trinajstić information content (AvgIpc) is 3.11. The van der Waals surface area contributed by atoms with E-state index in [1.54, 1.807) is 0 Å². The van der Waals surface area contributed by atoms with Gasteiger partial charge in [-0.3, -0.25) is 0 Å². The van der Waals surface area contributed by atoms with Gasteiger partial charge < -0.3 is 30.9 Å². The zero-order valence-corrected chi connectivity index (χ0v) is 17.3. The van der Waals surface area contributed by atoms with Crippen LogP contribution in [-0.2, 0) is 6.42 Å². The van der Waals surface area contributed by atoms with Crippen LogP contribution in [0.1, 0.15) is 22.9 Å². The lowest BCUT2D eigenvalue weighted by Gasteiger charge is -2.25. The van der Waals surface area contributed by atoms with Crippen molar-refractivity contribution in [2.45, 2.75) is 18.6 Å². The fourth-order valence-electron chi connectivity index (χ4n) is 3.90. The monoisotopic (exact) mass is 427 g/mol. The number of aromatic nitrogens is 1. The summed E-state index contributed by atoms with van der Waals surface area (Å²) in [4.78, 5) is 3.56. The first kappa shape index (κ1) is 20.6. The maximum Gasteiger partial charge on any atom is 0.119 e. The van der Waals surface area contributed by atoms with Crippen LogP contribution in [0.15, 0.2) is 54.9 Å². The van der Waals surface area contributed by atoms with Crippen LogP contribution in [0.25, 0.3) is 10.9 Å². The first-order valence-electron chi connectivity index (χ1n) is 9.89. The van der Waals surface area contributed by atoms with Gasteiger partial charge in [-0.25, -0.2) is 5.84 Å². The molecule has 2 heterocycles. The van der Waals surface area contributed by atoms with Gasteiger partial charge in [0, 0.05) is 40.6 Å². The molecule has 0 amide bonds. The van der Waals surface area contributed by atoms with Crippen molar-refractivity contribution in [1.82, 2.24) is 15.3 Å². The van der Waals surface area contributed by atoms with Gasteiger partial charge in [-0.05, 0) is 47.9 Å². The number of fused-ring (bicyclic) bond motifs is 3. The van der Waals surface area contributed by atoms with E-state index in [0.717, 1.165) is 29.1 Å². The van der Waals surface area contributed by atoms with Crippen LogP contribution in [0.4, 0.5) is 0 Å². The fraction of sp³-hybridized carbons (Fsp3) is 0.273. The van der Waals surface area contributed by atoms with Crippen LogP contribution in [0.5, 0.6) is 5.75 Å². The van der Waals surface area contributed by atoms with Crippen molar-refractivity contribution in [2.75, 3.05) is 19.7 Å². The minimum Gasteiger partial charge on any atom is -0.491 e. The lowest BCUT2D eigenvalue weighted by molar-refractivity contribution is 0.0819. The Morgan fingerprint density at radius 3 is 2.83 bits per heavy atom. The highest BCUT2D eigenvalue weighted by Crippen LogP contribution is 2.35. The molecular weight excluding hydrogens is 402 g/mol. The Bertz CT molecular complexity index is 1030. The minimum absolute atomic E-state index is 0.0772. The summed E-state index contributed by atoms with van der Waals surface area (Å²) in [6, 6.07) is 14.0. The molecule has 7 N–H and O–H groups in total. The molecule has 0 aliphatic carbocycles. The van der Waals surface area contributed by atoms with Crippen molar-refractivity contribution in [1.29, 1.82) is 0 Å². The summed E-state index contributed by atoms with van der Waals surface area (Å²) >= 11 is 6.20. The van der Waals surface area contributed by atoms with Gasteiger partial charge in [-0.1, -0.05) is 23.7 Å². The maximum absolute atomic E-state index is 10.0. The quantitative estimate of drug-likeness (QED) is 0.292. The highest BCUT2D eigenvalue weighted by molar-refractivity contribution is 6.31. The lowest BCUT2D eigenvalue weighted by atomic mass is 9.94. The van der Waals surface area contributed by atoms with Crippen molar-refractivity contribution < 1.29 is 9.84 Å². The summed E-state index contributed by atoms with van der Waals surface area (Å²) in [6.07, 6.45) is 3.04. The average molecular weight is 428 g/mol. The third kappa shape index (κ3) is 4.39. The summed E-state index contributed by atoms with van der Waals surface area (Å²) in [5.74, 6) is 6.36. The molecule has 30 heavy (non-hydrogen) atoms. The summed E-state index contributed by atoms with van der Waals surface area (Å²) in [6.45, 7) is 1.26. The molecule has 0 spiro atoms. The van der Waals surface area contributed by atoms with E-state index < -0.39 is 6.10 Å². The first-order valence-corrected chi connectivity index (χ1v) is 10.3. The molecular formula is C22H26ClN5O2. The molecule has 0 fully saturated rings. The Hall–Kier alpha value is -2.71. The molecule has 8 heteroatoms. The van der Waals surface area contributed by atoms with Gasteiger partial charge in [-0.2, -0.15) is 0 Å². The first-order chi connectivity index (χ1) is 14.5. The Balaban J connectivity index is 1.46. The fourth-order valence-corrected chi connectivity index (χ4v) is 4.07. The van der Waals surface area contributed by atoms with E-state index in [1.807, 2.05) is 42.5 Å². The van der Waals surface area contributed by atoms with Crippen LogP contribution in [0.2, 0.25) is 5.02 Å². The van der Waals surface area contributed by atoms with E-state index >= 15 is 0 Å². The van der Waals surface area contributed by atoms with E-state index in [2.05, 4.69) is 10.3 Å². The topological polar surface area (TPSA) is 113 Å². The number of aliphatic hydroxyl groups excluding tert-OH is 1. The van der Waals surface area contributed by atoms with E-state index in [-0.39, 0.29) is 19.2 Å². The Morgan fingerprint density at radius 1 is 1.27 bits per heavy atom. The van der Waals surface area contributed by atoms with Crippen LogP contribution >= 0.6 is 11.6 Å². The Morgan fingerprint density at radius 2 is 2.07 bits per heavy atom. The van der Waals surface area contributed by atoms with Crippen molar-refractivity contribution >= 4 is 22.5 Å². The minimum atomic E-state index is -0.730. The van der Waals surface area contributed by atoms with Crippen LogP contribution in [-0.4, -0.2) is 40.9 Å². The number of ether oxygens (including phenoxy) is 1. The number of hydrogen-bond acceptors (Lipinski definition) is 6. The Kier molecular flexibility index (Phi) is 6.15. The molecule has 2 atom stereocenters. The third-order valence-electron chi connectivity index (χ3n) is 5.27. The number of hydrazine groups is 1. The summed E-state index contributed by atoms with van der Waals surface area (Å²) in [5, 5.41) is 16.9. The molecule has 0 saturated carbocycles. The lowest BCUT2D eigenvalue weighted by Crippen LogP contribution is -2.36. The standard InChI is InChI=1S/C22H26ClN5O2/c23-15-3-6-20-19(11-15)18-7-9-26-21(22(18)27-20)14-1-4-17(5-2-14)30-13-16(29)12-28(25)10-8-24/h1-6,8,10-11,16,21,26-27,29H,7,9,12-13,24-25H2/b10-8-. The second-order valence-corrected chi connectivity index (χ2v) is 7.85. The van der Waals surface area contributed by atoms with Crippen LogP contribution in [0.3, 0.4) is 0 Å². The summed E-state index contributed by atoms with van der Waals surface area (Å²) < 4.78 is 5.69. The third-order valence-corrected chi connectivity index (χ3v) is 5.50. The molecule has 4 rings (SSSR count). The van der Waals surface area contributed by atoms with E-state index in [0.29, 0.717) is 5.75 Å². The second kappa shape index (κ2) is 8.97. The molecule has 2 unspecified atom stereocenters. The molecule has 1 aliphatic rings. The van der Waals surface area contributed by atoms with Gasteiger partial charge in [0.25, 0.3) is 0 Å². The molecule has 0 bridgehead atoms. The van der Waals surface area contributed by atoms with Gasteiger partial charge in [0.15, 0.2) is 0 Å². The zero-order chi connectivity index (χ0) is 21.1. The number of halogens is 1. The van der Waals surface area contributed by atoms with Crippen molar-refractivity contribution in [3.8, 4) is 5.75 Å². The molecule has 0 saturated heterocycles. The van der Waals surface area contributed by atoms with Gasteiger partial charge in [0.2, 0.25) is 0 Å². The number of aliphatic hydroxyl groups is 1. The van der Waals surface area contributed by atoms with Gasteiger partial charge in [0.05, 0.1) is 12.6 Å². The number of benzene rings is 2. The number of H-pyrrole nitrogens is 1. The molecule has 2 aromatic carbocycles. The molecule has 1 aliphatic heterocycles. The van der Waals surface area contributed by atoms with Crippen LogP contribution < -0.4 is 21.6 Å². The largest absolute Gasteiger partial charge is 0.491 e. The number of aromatic amines is 1. The number of nitrogens with one attached hydrogen (secondary N) is 2. The SMILES string of the molecule is N/C=C\N(N)CC(O)COc1ccc(C2NCCc3c2[nH]c2ccc(Cl)cc32)cc1. The maximum atomic E-state index is 10.0. The van der Waals surface area contributed by atoms with Crippen LogP contribution in [0, 0.1) is 0 Å².